The number of hydrogen-bond acceptors (Lipinski definition) is 3. The molecule has 0 aliphatic heterocycles. The number of nitriles is 1. The van der Waals surface area contributed by atoms with Gasteiger partial charge in [0.1, 0.15) is 11.6 Å². The largest absolute Gasteiger partial charge is 0.325 e. The van der Waals surface area contributed by atoms with Gasteiger partial charge in [0.2, 0.25) is 0 Å². The lowest BCUT2D eigenvalue weighted by Gasteiger charge is -2.21. The summed E-state index contributed by atoms with van der Waals surface area (Å²) in [4.78, 5) is 6.60. The zero-order chi connectivity index (χ0) is 14.9. The molecular weight excluding hydrogens is 255 g/mol. The molecule has 5 heteroatoms. The van der Waals surface area contributed by atoms with Crippen LogP contribution in [0, 0.1) is 23.1 Å². The number of fused-ring (bicyclic) bond motifs is 1. The molecule has 1 aromatic carbocycles. The van der Waals surface area contributed by atoms with Gasteiger partial charge < -0.3 is 4.57 Å². The normalized spacial score (nSPS) is 14.4. The monoisotopic (exact) mass is 274 g/mol. The fourth-order valence-electron chi connectivity index (χ4n) is 2.18. The number of aromatic nitrogens is 2. The van der Waals surface area contributed by atoms with Crippen molar-refractivity contribution in [1.82, 2.24) is 14.5 Å². The summed E-state index contributed by atoms with van der Waals surface area (Å²) in [6.45, 7) is 4.48. The Kier molecular flexibility index (Phi) is 4.05. The Morgan fingerprint density at radius 3 is 2.70 bits per heavy atom. The average molecular weight is 274 g/mol. The number of hydrogen-bond donors (Lipinski definition) is 0. The minimum atomic E-state index is -0.292. The van der Waals surface area contributed by atoms with Crippen LogP contribution in [-0.2, 0) is 6.54 Å². The van der Waals surface area contributed by atoms with Crippen LogP contribution >= 0.6 is 0 Å². The lowest BCUT2D eigenvalue weighted by atomic mass is 10.2. The quantitative estimate of drug-likeness (QED) is 0.861. The first-order valence-electron chi connectivity index (χ1n) is 6.65. The third-order valence-electron chi connectivity index (χ3n) is 3.56. The molecule has 2 aromatic rings. The Hall–Kier alpha value is -1.93. The van der Waals surface area contributed by atoms with Crippen LogP contribution in [0.4, 0.5) is 4.39 Å². The van der Waals surface area contributed by atoms with Crippen LogP contribution in [0.15, 0.2) is 18.2 Å². The number of nitrogens with zero attached hydrogens (tertiary/aromatic N) is 4. The maximum Gasteiger partial charge on any atom is 0.127 e. The summed E-state index contributed by atoms with van der Waals surface area (Å²) < 4.78 is 15.4. The van der Waals surface area contributed by atoms with E-state index in [9.17, 15) is 4.39 Å². The van der Waals surface area contributed by atoms with Crippen LogP contribution in [0.3, 0.4) is 0 Å². The van der Waals surface area contributed by atoms with Crippen LogP contribution in [0.2, 0.25) is 0 Å². The van der Waals surface area contributed by atoms with E-state index in [0.29, 0.717) is 12.1 Å². The molecule has 0 spiro atoms. The molecule has 0 aliphatic carbocycles. The summed E-state index contributed by atoms with van der Waals surface area (Å²) in [5.74, 6) is 0.447. The highest BCUT2D eigenvalue weighted by Gasteiger charge is 2.19. The second kappa shape index (κ2) is 5.59. The fraction of sp³-hybridized carbons (Fsp3) is 0.467. The molecule has 20 heavy (non-hydrogen) atoms. The second-order valence-corrected chi connectivity index (χ2v) is 5.38. The Balaban J connectivity index is 2.59. The highest BCUT2D eigenvalue weighted by Crippen LogP contribution is 2.25. The first-order valence-corrected chi connectivity index (χ1v) is 6.65. The smallest absolute Gasteiger partial charge is 0.127 e. The standard InChI is InChI=1S/C15H19FN4/c1-10(8-17)9-20-14-6-5-12(16)7-13(14)18-15(20)11(2)19(3)4/h5-7,10-11H,9H2,1-4H3. The Morgan fingerprint density at radius 1 is 1.40 bits per heavy atom. The Labute approximate surface area is 118 Å². The average Bonchev–Trinajstić information content (AvgIpc) is 2.75. The molecule has 0 saturated carbocycles. The zero-order valence-electron chi connectivity index (χ0n) is 12.3. The first kappa shape index (κ1) is 14.5. The lowest BCUT2D eigenvalue weighted by molar-refractivity contribution is 0.299. The molecule has 0 amide bonds. The fourth-order valence-corrected chi connectivity index (χ4v) is 2.18. The predicted molar refractivity (Wildman–Crippen MR) is 76.6 cm³/mol. The molecular formula is C15H19FN4. The van der Waals surface area contributed by atoms with Crippen molar-refractivity contribution >= 4 is 11.0 Å². The SMILES string of the molecule is CC(C#N)Cn1c(C(C)N(C)C)nc2cc(F)ccc21. The van der Waals surface area contributed by atoms with Gasteiger partial charge in [-0.1, -0.05) is 0 Å². The van der Waals surface area contributed by atoms with Gasteiger partial charge in [-0.2, -0.15) is 5.26 Å². The number of imidazole rings is 1. The lowest BCUT2D eigenvalue weighted by Crippen LogP contribution is -2.22. The molecule has 2 unspecified atom stereocenters. The van der Waals surface area contributed by atoms with E-state index in [2.05, 4.69) is 11.1 Å². The van der Waals surface area contributed by atoms with Gasteiger partial charge in [0.05, 0.1) is 29.1 Å². The van der Waals surface area contributed by atoms with Gasteiger partial charge in [-0.3, -0.25) is 4.90 Å². The van der Waals surface area contributed by atoms with Crippen molar-refractivity contribution < 1.29 is 4.39 Å². The van der Waals surface area contributed by atoms with Crippen molar-refractivity contribution in [3.8, 4) is 6.07 Å². The minimum absolute atomic E-state index is 0.0938. The molecule has 0 saturated heterocycles. The van der Waals surface area contributed by atoms with E-state index >= 15 is 0 Å². The molecule has 1 aromatic heterocycles. The third-order valence-corrected chi connectivity index (χ3v) is 3.56. The van der Waals surface area contributed by atoms with Gasteiger partial charge in [0.15, 0.2) is 0 Å². The maximum atomic E-state index is 13.4. The summed E-state index contributed by atoms with van der Waals surface area (Å²) in [5, 5.41) is 9.03. The van der Waals surface area contributed by atoms with Crippen LogP contribution in [0.5, 0.6) is 0 Å². The second-order valence-electron chi connectivity index (χ2n) is 5.38. The molecule has 0 N–H and O–H groups in total. The molecule has 0 bridgehead atoms. The molecule has 0 aliphatic rings. The molecule has 1 heterocycles. The topological polar surface area (TPSA) is 44.9 Å². The third kappa shape index (κ3) is 2.66. The van der Waals surface area contributed by atoms with E-state index in [1.165, 1.54) is 12.1 Å². The first-order chi connectivity index (χ1) is 9.43. The molecule has 2 atom stereocenters. The van der Waals surface area contributed by atoms with Crippen LogP contribution in [-0.4, -0.2) is 28.5 Å². The van der Waals surface area contributed by atoms with Crippen molar-refractivity contribution in [2.24, 2.45) is 5.92 Å². The van der Waals surface area contributed by atoms with E-state index in [1.807, 2.05) is 37.4 Å². The Bertz CT molecular complexity index is 654. The van der Waals surface area contributed by atoms with Gasteiger partial charge in [-0.15, -0.1) is 0 Å². The van der Waals surface area contributed by atoms with Gasteiger partial charge in [0, 0.05) is 12.6 Å². The van der Waals surface area contributed by atoms with E-state index in [0.717, 1.165) is 11.3 Å². The maximum absolute atomic E-state index is 13.4. The predicted octanol–water partition coefficient (Wildman–Crippen LogP) is 2.96. The molecule has 0 radical (unpaired) electrons. The molecule has 106 valence electrons. The molecule has 0 fully saturated rings. The van der Waals surface area contributed by atoms with Crippen LogP contribution in [0.25, 0.3) is 11.0 Å². The number of benzene rings is 1. The van der Waals surface area contributed by atoms with E-state index < -0.39 is 0 Å². The van der Waals surface area contributed by atoms with E-state index in [-0.39, 0.29) is 17.8 Å². The zero-order valence-corrected chi connectivity index (χ0v) is 12.3. The summed E-state index contributed by atoms with van der Waals surface area (Å²) in [6.07, 6.45) is 0. The van der Waals surface area contributed by atoms with Crippen LogP contribution < -0.4 is 0 Å². The van der Waals surface area contributed by atoms with Crippen molar-refractivity contribution in [3.05, 3.63) is 29.8 Å². The number of halogens is 1. The van der Waals surface area contributed by atoms with Gasteiger partial charge >= 0.3 is 0 Å². The highest BCUT2D eigenvalue weighted by molar-refractivity contribution is 5.76. The van der Waals surface area contributed by atoms with Gasteiger partial charge in [0.25, 0.3) is 0 Å². The van der Waals surface area contributed by atoms with Gasteiger partial charge in [-0.05, 0) is 40.1 Å². The molecule has 4 nitrogen and oxygen atoms in total. The van der Waals surface area contributed by atoms with Crippen molar-refractivity contribution in [2.45, 2.75) is 26.4 Å². The summed E-state index contributed by atoms with van der Waals surface area (Å²) in [7, 11) is 3.95. The van der Waals surface area contributed by atoms with Crippen molar-refractivity contribution in [3.63, 3.8) is 0 Å². The van der Waals surface area contributed by atoms with E-state index in [1.54, 1.807) is 6.07 Å². The van der Waals surface area contributed by atoms with E-state index in [4.69, 9.17) is 5.26 Å². The summed E-state index contributed by atoms with van der Waals surface area (Å²) >= 11 is 0. The summed E-state index contributed by atoms with van der Waals surface area (Å²) in [6, 6.07) is 6.93. The molecule has 2 rings (SSSR count). The van der Waals surface area contributed by atoms with Crippen molar-refractivity contribution in [1.29, 1.82) is 5.26 Å². The Morgan fingerprint density at radius 2 is 2.10 bits per heavy atom. The summed E-state index contributed by atoms with van der Waals surface area (Å²) in [5.41, 5.74) is 1.51. The highest BCUT2D eigenvalue weighted by atomic mass is 19.1. The van der Waals surface area contributed by atoms with Crippen LogP contribution in [0.1, 0.15) is 25.7 Å². The van der Waals surface area contributed by atoms with Gasteiger partial charge in [-0.25, -0.2) is 9.37 Å². The van der Waals surface area contributed by atoms with Crippen molar-refractivity contribution in [2.75, 3.05) is 14.1 Å². The number of rotatable bonds is 4. The minimum Gasteiger partial charge on any atom is -0.325 e.